The molecule has 1 aromatic carbocycles. The molecule has 0 spiro atoms. The van der Waals surface area contributed by atoms with E-state index in [1.165, 1.54) is 11.8 Å². The lowest BCUT2D eigenvalue weighted by Gasteiger charge is -2.29. The predicted molar refractivity (Wildman–Crippen MR) is 76.8 cm³/mol. The van der Waals surface area contributed by atoms with Crippen LogP contribution in [0.5, 0.6) is 0 Å². The molecule has 0 amide bonds. The third-order valence-electron chi connectivity index (χ3n) is 4.07. The van der Waals surface area contributed by atoms with Gasteiger partial charge in [-0.15, -0.1) is 0 Å². The number of hydrogen-bond acceptors (Lipinski definition) is 3. The van der Waals surface area contributed by atoms with Crippen molar-refractivity contribution in [2.75, 3.05) is 6.26 Å². The summed E-state index contributed by atoms with van der Waals surface area (Å²) >= 11 is 0. The molecule has 2 atom stereocenters. The maximum absolute atomic E-state index is 11.8. The van der Waals surface area contributed by atoms with E-state index in [2.05, 4.69) is 6.92 Å². The third kappa shape index (κ3) is 2.84. The minimum atomic E-state index is -3.23. The Morgan fingerprint density at radius 1 is 1.32 bits per heavy atom. The first kappa shape index (κ1) is 14.5. The zero-order valence-electron chi connectivity index (χ0n) is 11.6. The van der Waals surface area contributed by atoms with Crippen LogP contribution in [0.3, 0.4) is 0 Å². The highest BCUT2D eigenvalue weighted by Crippen LogP contribution is 2.42. The topological polar surface area (TPSA) is 54.4 Å². The van der Waals surface area contributed by atoms with E-state index in [9.17, 15) is 13.5 Å². The summed E-state index contributed by atoms with van der Waals surface area (Å²) in [5.74, 6) is 0. The molecule has 106 valence electrons. The fraction of sp³-hybridized carbons (Fsp3) is 0.600. The van der Waals surface area contributed by atoms with Crippen molar-refractivity contribution in [1.29, 1.82) is 0 Å². The second-order valence-electron chi connectivity index (χ2n) is 5.58. The van der Waals surface area contributed by atoms with Crippen LogP contribution >= 0.6 is 0 Å². The average Bonchev–Trinajstić information content (AvgIpc) is 2.74. The van der Waals surface area contributed by atoms with Crippen molar-refractivity contribution in [1.82, 2.24) is 0 Å². The molecule has 19 heavy (non-hydrogen) atoms. The second kappa shape index (κ2) is 5.25. The Morgan fingerprint density at radius 3 is 2.47 bits per heavy atom. The summed E-state index contributed by atoms with van der Waals surface area (Å²) in [5, 5.41) is 10.1. The number of aryl methyl sites for hydroxylation is 1. The first-order chi connectivity index (χ1) is 8.88. The Bertz CT molecular complexity index is 533. The lowest BCUT2D eigenvalue weighted by atomic mass is 9.91. The summed E-state index contributed by atoms with van der Waals surface area (Å²) in [6.45, 7) is 2.12. The number of aliphatic hydroxyl groups is 1. The highest BCUT2D eigenvalue weighted by atomic mass is 32.2. The Hall–Kier alpha value is -0.870. The van der Waals surface area contributed by atoms with Gasteiger partial charge in [0.2, 0.25) is 0 Å². The summed E-state index contributed by atoms with van der Waals surface area (Å²) < 4.78 is 23.7. The highest BCUT2D eigenvalue weighted by molar-refractivity contribution is 7.91. The van der Waals surface area contributed by atoms with Gasteiger partial charge in [-0.3, -0.25) is 0 Å². The van der Waals surface area contributed by atoms with E-state index in [0.717, 1.165) is 24.8 Å². The number of benzene rings is 1. The van der Waals surface area contributed by atoms with Gasteiger partial charge in [-0.2, -0.15) is 0 Å². The quantitative estimate of drug-likeness (QED) is 0.922. The van der Waals surface area contributed by atoms with E-state index in [4.69, 9.17) is 0 Å². The van der Waals surface area contributed by atoms with E-state index in [1.54, 1.807) is 0 Å². The molecule has 1 saturated carbocycles. The molecule has 4 heteroatoms. The number of sulfone groups is 1. The van der Waals surface area contributed by atoms with Crippen LogP contribution in [0.4, 0.5) is 0 Å². The highest BCUT2D eigenvalue weighted by Gasteiger charge is 2.47. The SMILES string of the molecule is CCCc1ccc(C2(O)CCCC2S(C)(=O)=O)cc1. The van der Waals surface area contributed by atoms with Gasteiger partial charge in [-0.25, -0.2) is 8.42 Å². The molecule has 0 radical (unpaired) electrons. The zero-order valence-corrected chi connectivity index (χ0v) is 12.4. The van der Waals surface area contributed by atoms with Crippen LogP contribution in [-0.4, -0.2) is 25.0 Å². The number of hydrogen-bond donors (Lipinski definition) is 1. The minimum Gasteiger partial charge on any atom is -0.384 e. The van der Waals surface area contributed by atoms with Crippen molar-refractivity contribution in [2.45, 2.75) is 49.9 Å². The molecule has 0 bridgehead atoms. The molecule has 0 saturated heterocycles. The first-order valence-electron chi connectivity index (χ1n) is 6.88. The van der Waals surface area contributed by atoms with Gasteiger partial charge in [-0.05, 0) is 36.8 Å². The summed E-state index contributed by atoms with van der Waals surface area (Å²) in [6.07, 6.45) is 5.14. The van der Waals surface area contributed by atoms with Gasteiger partial charge in [0.05, 0.1) is 5.25 Å². The van der Waals surface area contributed by atoms with Crippen molar-refractivity contribution >= 4 is 9.84 Å². The molecule has 1 aliphatic carbocycles. The molecule has 3 nitrogen and oxygen atoms in total. The van der Waals surface area contributed by atoms with Crippen LogP contribution in [-0.2, 0) is 21.9 Å². The molecule has 1 aromatic rings. The van der Waals surface area contributed by atoms with E-state index in [1.807, 2.05) is 24.3 Å². The van der Waals surface area contributed by atoms with Crippen molar-refractivity contribution in [3.63, 3.8) is 0 Å². The van der Waals surface area contributed by atoms with Gasteiger partial charge in [0.15, 0.2) is 9.84 Å². The van der Waals surface area contributed by atoms with E-state index in [0.29, 0.717) is 12.8 Å². The van der Waals surface area contributed by atoms with Crippen LogP contribution in [0.1, 0.15) is 43.7 Å². The van der Waals surface area contributed by atoms with Crippen molar-refractivity contribution in [2.24, 2.45) is 0 Å². The molecule has 1 fully saturated rings. The molecule has 0 aromatic heterocycles. The van der Waals surface area contributed by atoms with Gasteiger partial charge in [0, 0.05) is 6.26 Å². The minimum absolute atomic E-state index is 0.526. The molecule has 1 N–H and O–H groups in total. The van der Waals surface area contributed by atoms with Crippen molar-refractivity contribution < 1.29 is 13.5 Å². The van der Waals surface area contributed by atoms with E-state index < -0.39 is 20.7 Å². The Labute approximate surface area is 115 Å². The fourth-order valence-corrected chi connectivity index (χ4v) is 4.66. The van der Waals surface area contributed by atoms with Crippen molar-refractivity contribution in [3.05, 3.63) is 35.4 Å². The Morgan fingerprint density at radius 2 is 1.95 bits per heavy atom. The largest absolute Gasteiger partial charge is 0.384 e. The Kier molecular flexibility index (Phi) is 4.02. The summed E-state index contributed by atoms with van der Waals surface area (Å²) in [4.78, 5) is 0. The van der Waals surface area contributed by atoms with Gasteiger partial charge in [-0.1, -0.05) is 37.6 Å². The van der Waals surface area contributed by atoms with Gasteiger partial charge < -0.3 is 5.11 Å². The van der Waals surface area contributed by atoms with Crippen LogP contribution in [0.2, 0.25) is 0 Å². The maximum atomic E-state index is 11.8. The lowest BCUT2D eigenvalue weighted by molar-refractivity contribution is 0.0477. The monoisotopic (exact) mass is 282 g/mol. The van der Waals surface area contributed by atoms with Crippen molar-refractivity contribution in [3.8, 4) is 0 Å². The normalized spacial score (nSPS) is 27.6. The molecular weight excluding hydrogens is 260 g/mol. The average molecular weight is 282 g/mol. The van der Waals surface area contributed by atoms with Crippen LogP contribution in [0.25, 0.3) is 0 Å². The zero-order chi connectivity index (χ0) is 14.1. The fourth-order valence-electron chi connectivity index (χ4n) is 3.10. The summed E-state index contributed by atoms with van der Waals surface area (Å²) in [5.41, 5.74) is 0.752. The summed E-state index contributed by atoms with van der Waals surface area (Å²) in [6, 6.07) is 7.76. The predicted octanol–water partition coefficient (Wildman–Crippen LogP) is 2.42. The van der Waals surface area contributed by atoms with Gasteiger partial charge >= 0.3 is 0 Å². The third-order valence-corrected chi connectivity index (χ3v) is 5.73. The van der Waals surface area contributed by atoms with Crippen LogP contribution < -0.4 is 0 Å². The molecule has 0 aliphatic heterocycles. The van der Waals surface area contributed by atoms with Crippen LogP contribution in [0.15, 0.2) is 24.3 Å². The molecule has 0 heterocycles. The molecule has 1 aliphatic rings. The Balaban J connectivity index is 2.33. The standard InChI is InChI=1S/C15H22O3S/c1-3-5-12-7-9-13(10-8-12)15(16)11-4-6-14(15)19(2,17)18/h7-10,14,16H,3-6,11H2,1-2H3. The number of rotatable bonds is 4. The molecule has 2 rings (SSSR count). The van der Waals surface area contributed by atoms with Gasteiger partial charge in [0.25, 0.3) is 0 Å². The van der Waals surface area contributed by atoms with E-state index >= 15 is 0 Å². The van der Waals surface area contributed by atoms with Gasteiger partial charge in [0.1, 0.15) is 5.60 Å². The van der Waals surface area contributed by atoms with Crippen LogP contribution in [0, 0.1) is 0 Å². The molecular formula is C15H22O3S. The smallest absolute Gasteiger partial charge is 0.153 e. The first-order valence-corrected chi connectivity index (χ1v) is 8.84. The van der Waals surface area contributed by atoms with E-state index in [-0.39, 0.29) is 0 Å². The maximum Gasteiger partial charge on any atom is 0.153 e. The second-order valence-corrected chi connectivity index (χ2v) is 7.81. The molecule has 2 unspecified atom stereocenters. The lowest BCUT2D eigenvalue weighted by Crippen LogP contribution is -2.39. The summed E-state index contributed by atoms with van der Waals surface area (Å²) in [7, 11) is -3.23.